The van der Waals surface area contributed by atoms with Crippen molar-refractivity contribution in [3.05, 3.63) is 35.4 Å². The first kappa shape index (κ1) is 20.4. The Morgan fingerprint density at radius 1 is 1.19 bits per heavy atom. The predicted molar refractivity (Wildman–Crippen MR) is 102 cm³/mol. The fraction of sp³-hybridized carbons (Fsp3) is 0.579. The van der Waals surface area contributed by atoms with Gasteiger partial charge in [0.2, 0.25) is 5.91 Å². The van der Waals surface area contributed by atoms with Crippen LogP contribution in [0.2, 0.25) is 0 Å². The molecule has 1 aliphatic heterocycles. The highest BCUT2D eigenvalue weighted by Crippen LogP contribution is 2.22. The zero-order valence-corrected chi connectivity index (χ0v) is 16.9. The number of nitrogens with one attached hydrogen (secondary N) is 1. The lowest BCUT2D eigenvalue weighted by Gasteiger charge is -2.27. The second-order valence-corrected chi connectivity index (χ2v) is 10.3. The van der Waals surface area contributed by atoms with E-state index in [1.165, 1.54) is 4.90 Å². The molecule has 0 aromatic heterocycles. The van der Waals surface area contributed by atoms with E-state index in [2.05, 4.69) is 26.1 Å². The van der Waals surface area contributed by atoms with E-state index in [4.69, 9.17) is 0 Å². The summed E-state index contributed by atoms with van der Waals surface area (Å²) in [5.41, 5.74) is 1.62. The zero-order chi connectivity index (χ0) is 19.7. The summed E-state index contributed by atoms with van der Waals surface area (Å²) in [5, 5.41) is 2.70. The molecule has 144 valence electrons. The number of nitrogens with zero attached hydrogens (tertiary/aromatic N) is 1. The third-order valence-corrected chi connectivity index (χ3v) is 6.59. The quantitative estimate of drug-likeness (QED) is 0.863. The molecule has 1 fully saturated rings. The van der Waals surface area contributed by atoms with Crippen LogP contribution in [-0.4, -0.2) is 55.8 Å². The maximum absolute atomic E-state index is 12.5. The number of rotatable bonds is 4. The highest BCUT2D eigenvalue weighted by Gasteiger charge is 2.34. The molecular formula is C19H28N2O4S. The Labute approximate surface area is 155 Å². The molecular weight excluding hydrogens is 352 g/mol. The van der Waals surface area contributed by atoms with Crippen LogP contribution in [0.15, 0.2) is 24.3 Å². The van der Waals surface area contributed by atoms with Gasteiger partial charge >= 0.3 is 0 Å². The average Bonchev–Trinajstić information content (AvgIpc) is 2.92. The molecule has 1 saturated heterocycles. The third kappa shape index (κ3) is 4.84. The van der Waals surface area contributed by atoms with Gasteiger partial charge in [-0.15, -0.1) is 0 Å². The predicted octanol–water partition coefficient (Wildman–Crippen LogP) is 1.75. The first-order chi connectivity index (χ1) is 11.9. The SMILES string of the molecule is CC(NC(=O)c1ccc(C(C)(C)C)cc1)C(=O)N(C)C1CCS(=O)(=O)C1. The number of carbonyl (C=O) groups excluding carboxylic acids is 2. The molecule has 2 atom stereocenters. The Kier molecular flexibility index (Phi) is 5.80. The number of sulfone groups is 1. The van der Waals surface area contributed by atoms with Gasteiger partial charge in [0.25, 0.3) is 5.91 Å². The first-order valence-corrected chi connectivity index (χ1v) is 10.6. The van der Waals surface area contributed by atoms with E-state index in [0.29, 0.717) is 12.0 Å². The summed E-state index contributed by atoms with van der Waals surface area (Å²) in [6.45, 7) is 7.91. The van der Waals surface area contributed by atoms with Gasteiger partial charge in [0.1, 0.15) is 6.04 Å². The second-order valence-electron chi connectivity index (χ2n) is 8.03. The molecule has 26 heavy (non-hydrogen) atoms. The molecule has 0 spiro atoms. The molecule has 0 bridgehead atoms. The van der Waals surface area contributed by atoms with Gasteiger partial charge in [0, 0.05) is 18.7 Å². The van der Waals surface area contributed by atoms with Gasteiger partial charge < -0.3 is 10.2 Å². The number of carbonyl (C=O) groups is 2. The summed E-state index contributed by atoms with van der Waals surface area (Å²) in [4.78, 5) is 26.3. The summed E-state index contributed by atoms with van der Waals surface area (Å²) in [6.07, 6.45) is 0.444. The minimum atomic E-state index is -3.06. The van der Waals surface area contributed by atoms with Crippen LogP contribution in [0.25, 0.3) is 0 Å². The van der Waals surface area contributed by atoms with Crippen LogP contribution in [0.3, 0.4) is 0 Å². The summed E-state index contributed by atoms with van der Waals surface area (Å²) >= 11 is 0. The van der Waals surface area contributed by atoms with Crippen molar-refractivity contribution in [3.63, 3.8) is 0 Å². The number of likely N-dealkylation sites (N-methyl/N-ethyl adjacent to an activating group) is 1. The molecule has 2 unspecified atom stereocenters. The summed E-state index contributed by atoms with van der Waals surface area (Å²) in [7, 11) is -1.47. The Bertz CT molecular complexity index is 779. The van der Waals surface area contributed by atoms with Gasteiger partial charge in [-0.1, -0.05) is 32.9 Å². The number of hydrogen-bond acceptors (Lipinski definition) is 4. The topological polar surface area (TPSA) is 83.6 Å². The minimum Gasteiger partial charge on any atom is -0.341 e. The standard InChI is InChI=1S/C19H28N2O4S/c1-13(18(23)21(5)16-10-11-26(24,25)12-16)20-17(22)14-6-8-15(9-7-14)19(2,3)4/h6-9,13,16H,10-12H2,1-5H3,(H,20,22). The Hall–Kier alpha value is -1.89. The molecule has 2 amide bonds. The lowest BCUT2D eigenvalue weighted by molar-refractivity contribution is -0.133. The molecule has 2 rings (SSSR count). The monoisotopic (exact) mass is 380 g/mol. The smallest absolute Gasteiger partial charge is 0.251 e. The van der Waals surface area contributed by atoms with Crippen molar-refractivity contribution in [1.82, 2.24) is 10.2 Å². The maximum atomic E-state index is 12.5. The van der Waals surface area contributed by atoms with Crippen molar-refractivity contribution in [2.45, 2.75) is 51.6 Å². The van der Waals surface area contributed by atoms with Crippen LogP contribution >= 0.6 is 0 Å². The van der Waals surface area contributed by atoms with Crippen molar-refractivity contribution < 1.29 is 18.0 Å². The summed E-state index contributed by atoms with van der Waals surface area (Å²) in [6, 6.07) is 6.28. The molecule has 0 saturated carbocycles. The Balaban J connectivity index is 1.99. The van der Waals surface area contributed by atoms with Crippen molar-refractivity contribution >= 4 is 21.7 Å². The van der Waals surface area contributed by atoms with Gasteiger partial charge in [0.05, 0.1) is 11.5 Å². The number of amides is 2. The lowest BCUT2D eigenvalue weighted by Crippen LogP contribution is -2.49. The fourth-order valence-corrected chi connectivity index (χ4v) is 4.80. The van der Waals surface area contributed by atoms with E-state index < -0.39 is 15.9 Å². The molecule has 1 N–H and O–H groups in total. The molecule has 6 nitrogen and oxygen atoms in total. The Morgan fingerprint density at radius 2 is 1.77 bits per heavy atom. The molecule has 0 aliphatic carbocycles. The average molecular weight is 381 g/mol. The van der Waals surface area contributed by atoms with Crippen molar-refractivity contribution in [2.75, 3.05) is 18.6 Å². The fourth-order valence-electron chi connectivity index (χ4n) is 3.03. The van der Waals surface area contributed by atoms with Gasteiger partial charge in [-0.05, 0) is 36.5 Å². The first-order valence-electron chi connectivity index (χ1n) is 8.79. The molecule has 1 aromatic carbocycles. The summed E-state index contributed by atoms with van der Waals surface area (Å²) < 4.78 is 23.2. The van der Waals surface area contributed by atoms with Gasteiger partial charge in [-0.2, -0.15) is 0 Å². The normalized spacial score (nSPS) is 20.4. The molecule has 1 heterocycles. The van der Waals surface area contributed by atoms with Crippen LogP contribution in [0.4, 0.5) is 0 Å². The van der Waals surface area contributed by atoms with Gasteiger partial charge in [-0.25, -0.2) is 8.42 Å². The zero-order valence-electron chi connectivity index (χ0n) is 16.1. The molecule has 0 radical (unpaired) electrons. The van der Waals surface area contributed by atoms with Crippen LogP contribution in [-0.2, 0) is 20.0 Å². The highest BCUT2D eigenvalue weighted by molar-refractivity contribution is 7.91. The number of benzene rings is 1. The highest BCUT2D eigenvalue weighted by atomic mass is 32.2. The van der Waals surface area contributed by atoms with E-state index in [-0.39, 0.29) is 34.8 Å². The minimum absolute atomic E-state index is 0.00257. The van der Waals surface area contributed by atoms with Crippen molar-refractivity contribution in [3.8, 4) is 0 Å². The molecule has 7 heteroatoms. The molecule has 1 aromatic rings. The summed E-state index contributed by atoms with van der Waals surface area (Å²) in [5.74, 6) is -0.508. The largest absolute Gasteiger partial charge is 0.341 e. The van der Waals surface area contributed by atoms with Crippen molar-refractivity contribution in [2.24, 2.45) is 0 Å². The Morgan fingerprint density at radius 3 is 2.23 bits per heavy atom. The van der Waals surface area contributed by atoms with Crippen molar-refractivity contribution in [1.29, 1.82) is 0 Å². The van der Waals surface area contributed by atoms with Crippen LogP contribution < -0.4 is 5.32 Å². The van der Waals surface area contributed by atoms with E-state index >= 15 is 0 Å². The molecule has 1 aliphatic rings. The van der Waals surface area contributed by atoms with E-state index in [1.54, 1.807) is 26.1 Å². The second kappa shape index (κ2) is 7.39. The van der Waals surface area contributed by atoms with Gasteiger partial charge in [0.15, 0.2) is 9.84 Å². The van der Waals surface area contributed by atoms with E-state index in [1.807, 2.05) is 12.1 Å². The maximum Gasteiger partial charge on any atom is 0.251 e. The van der Waals surface area contributed by atoms with Crippen LogP contribution in [0.5, 0.6) is 0 Å². The van der Waals surface area contributed by atoms with E-state index in [0.717, 1.165) is 5.56 Å². The third-order valence-electron chi connectivity index (χ3n) is 4.83. The lowest BCUT2D eigenvalue weighted by atomic mass is 9.86. The van der Waals surface area contributed by atoms with E-state index in [9.17, 15) is 18.0 Å². The van der Waals surface area contributed by atoms with Crippen LogP contribution in [0, 0.1) is 0 Å². The van der Waals surface area contributed by atoms with Gasteiger partial charge in [-0.3, -0.25) is 9.59 Å². The van der Waals surface area contributed by atoms with Crippen LogP contribution in [0.1, 0.15) is 50.0 Å². The number of hydrogen-bond donors (Lipinski definition) is 1.